The van der Waals surface area contributed by atoms with Crippen LogP contribution in [0.1, 0.15) is 52.4 Å². The van der Waals surface area contributed by atoms with Gasteiger partial charge in [0.15, 0.2) is 0 Å². The Morgan fingerprint density at radius 2 is 2.21 bits per heavy atom. The Labute approximate surface area is 85.9 Å². The lowest BCUT2D eigenvalue weighted by Gasteiger charge is -2.44. The monoisotopic (exact) mass is 199 g/mol. The van der Waals surface area contributed by atoms with Crippen molar-refractivity contribution in [2.24, 2.45) is 0 Å². The smallest absolute Gasteiger partial charge is 0.303 e. The van der Waals surface area contributed by atoms with E-state index in [1.165, 1.54) is 19.3 Å². The lowest BCUT2D eigenvalue weighted by Crippen LogP contribution is -2.53. The Morgan fingerprint density at radius 3 is 2.57 bits per heavy atom. The summed E-state index contributed by atoms with van der Waals surface area (Å²) in [4.78, 5) is 10.4. The van der Waals surface area contributed by atoms with Crippen LogP contribution in [0, 0.1) is 0 Å². The van der Waals surface area contributed by atoms with E-state index in [0.717, 1.165) is 12.8 Å². The van der Waals surface area contributed by atoms with Gasteiger partial charge in [-0.1, -0.05) is 6.92 Å². The number of hydrogen-bond acceptors (Lipinski definition) is 2. The molecule has 3 nitrogen and oxygen atoms in total. The minimum atomic E-state index is -0.696. The molecule has 82 valence electrons. The van der Waals surface area contributed by atoms with Crippen LogP contribution in [0.15, 0.2) is 0 Å². The third-order valence-corrected chi connectivity index (χ3v) is 3.33. The molecule has 0 aromatic carbocycles. The van der Waals surface area contributed by atoms with Crippen molar-refractivity contribution in [3.63, 3.8) is 0 Å². The number of carbonyl (C=O) groups is 1. The van der Waals surface area contributed by atoms with Gasteiger partial charge >= 0.3 is 5.97 Å². The number of rotatable bonds is 6. The van der Waals surface area contributed by atoms with E-state index in [2.05, 4.69) is 19.2 Å². The molecule has 2 N–H and O–H groups in total. The minimum absolute atomic E-state index is 0.272. The highest BCUT2D eigenvalue weighted by Gasteiger charge is 2.35. The fourth-order valence-electron chi connectivity index (χ4n) is 2.14. The van der Waals surface area contributed by atoms with Gasteiger partial charge in [0.2, 0.25) is 0 Å². The zero-order valence-corrected chi connectivity index (χ0v) is 9.18. The summed E-state index contributed by atoms with van der Waals surface area (Å²) < 4.78 is 0. The van der Waals surface area contributed by atoms with E-state index in [1.54, 1.807) is 0 Å². The van der Waals surface area contributed by atoms with Crippen molar-refractivity contribution in [1.29, 1.82) is 0 Å². The molecule has 3 heteroatoms. The van der Waals surface area contributed by atoms with E-state index in [-0.39, 0.29) is 6.42 Å². The largest absolute Gasteiger partial charge is 0.481 e. The van der Waals surface area contributed by atoms with Crippen LogP contribution in [0.3, 0.4) is 0 Å². The molecule has 0 aliphatic heterocycles. The van der Waals surface area contributed by atoms with Crippen LogP contribution in [-0.4, -0.2) is 22.7 Å². The van der Waals surface area contributed by atoms with Gasteiger partial charge in [0.05, 0.1) is 0 Å². The Kier molecular flexibility index (Phi) is 3.93. The summed E-state index contributed by atoms with van der Waals surface area (Å²) in [6.45, 7) is 4.29. The maximum absolute atomic E-state index is 10.4. The number of carboxylic acids is 1. The number of nitrogens with one attached hydrogen (secondary N) is 1. The van der Waals surface area contributed by atoms with Crippen molar-refractivity contribution in [2.45, 2.75) is 64.0 Å². The highest BCUT2D eigenvalue weighted by molar-refractivity contribution is 5.66. The zero-order valence-electron chi connectivity index (χ0n) is 9.18. The number of hydrogen-bond donors (Lipinski definition) is 2. The Hall–Kier alpha value is -0.570. The highest BCUT2D eigenvalue weighted by Crippen LogP contribution is 2.35. The molecule has 0 aromatic heterocycles. The van der Waals surface area contributed by atoms with E-state index in [9.17, 15) is 4.79 Å². The number of aliphatic carboxylic acids is 1. The van der Waals surface area contributed by atoms with E-state index in [4.69, 9.17) is 5.11 Å². The summed E-state index contributed by atoms with van der Waals surface area (Å²) in [7, 11) is 0. The van der Waals surface area contributed by atoms with Crippen LogP contribution in [0.5, 0.6) is 0 Å². The molecule has 1 rings (SSSR count). The average Bonchev–Trinajstić information content (AvgIpc) is 2.08. The second-order valence-corrected chi connectivity index (χ2v) is 4.47. The molecule has 1 fully saturated rings. The molecule has 14 heavy (non-hydrogen) atoms. The lowest BCUT2D eigenvalue weighted by molar-refractivity contribution is -0.137. The molecule has 0 heterocycles. The molecule has 1 aliphatic rings. The molecule has 1 aliphatic carbocycles. The lowest BCUT2D eigenvalue weighted by atomic mass is 9.74. The van der Waals surface area contributed by atoms with Crippen molar-refractivity contribution in [3.05, 3.63) is 0 Å². The van der Waals surface area contributed by atoms with Gasteiger partial charge in [0.1, 0.15) is 0 Å². The second kappa shape index (κ2) is 4.78. The van der Waals surface area contributed by atoms with Crippen LogP contribution < -0.4 is 5.32 Å². The van der Waals surface area contributed by atoms with E-state index in [0.29, 0.717) is 11.6 Å². The molecular formula is C11H21NO2. The first kappa shape index (κ1) is 11.5. The standard InChI is InChI=1S/C11H21NO2/c1-3-11(7-4-8-11)12-9(2)5-6-10(13)14/h9,12H,3-8H2,1-2H3,(H,13,14). The quantitative estimate of drug-likeness (QED) is 0.689. The van der Waals surface area contributed by atoms with Crippen LogP contribution in [0.4, 0.5) is 0 Å². The maximum atomic E-state index is 10.4. The molecule has 0 saturated heterocycles. The van der Waals surface area contributed by atoms with Crippen LogP contribution in [-0.2, 0) is 4.79 Å². The normalized spacial score (nSPS) is 21.3. The van der Waals surface area contributed by atoms with Crippen LogP contribution >= 0.6 is 0 Å². The Morgan fingerprint density at radius 1 is 1.57 bits per heavy atom. The molecule has 0 spiro atoms. The summed E-state index contributed by atoms with van der Waals surface area (Å²) in [5.41, 5.74) is 0.331. The predicted octanol–water partition coefficient (Wildman–Crippen LogP) is 2.16. The Bertz CT molecular complexity index is 194. The van der Waals surface area contributed by atoms with Gasteiger partial charge in [-0.25, -0.2) is 0 Å². The highest BCUT2D eigenvalue weighted by atomic mass is 16.4. The molecule has 0 radical (unpaired) electrons. The SMILES string of the molecule is CCC1(NC(C)CCC(=O)O)CCC1. The maximum Gasteiger partial charge on any atom is 0.303 e. The molecule has 0 amide bonds. The van der Waals surface area contributed by atoms with Gasteiger partial charge in [-0.15, -0.1) is 0 Å². The molecule has 0 bridgehead atoms. The first-order chi connectivity index (χ1) is 6.58. The fraction of sp³-hybridized carbons (Fsp3) is 0.909. The van der Waals surface area contributed by atoms with Gasteiger partial charge < -0.3 is 10.4 Å². The third kappa shape index (κ3) is 2.98. The van der Waals surface area contributed by atoms with E-state index < -0.39 is 5.97 Å². The van der Waals surface area contributed by atoms with Crippen molar-refractivity contribution in [1.82, 2.24) is 5.32 Å². The summed E-state index contributed by atoms with van der Waals surface area (Å²) in [5, 5.41) is 12.1. The van der Waals surface area contributed by atoms with E-state index >= 15 is 0 Å². The predicted molar refractivity (Wildman–Crippen MR) is 56.3 cm³/mol. The fourth-order valence-corrected chi connectivity index (χ4v) is 2.14. The first-order valence-electron chi connectivity index (χ1n) is 5.57. The van der Waals surface area contributed by atoms with E-state index in [1.807, 2.05) is 0 Å². The summed E-state index contributed by atoms with van der Waals surface area (Å²) in [5.74, 6) is -0.696. The molecule has 0 aromatic rings. The second-order valence-electron chi connectivity index (χ2n) is 4.47. The summed E-state index contributed by atoms with van der Waals surface area (Å²) >= 11 is 0. The summed E-state index contributed by atoms with van der Waals surface area (Å²) in [6.07, 6.45) is 5.98. The number of carboxylic acid groups (broad SMARTS) is 1. The average molecular weight is 199 g/mol. The van der Waals surface area contributed by atoms with Crippen LogP contribution in [0.2, 0.25) is 0 Å². The minimum Gasteiger partial charge on any atom is -0.481 e. The van der Waals surface area contributed by atoms with Gasteiger partial charge in [-0.3, -0.25) is 4.79 Å². The van der Waals surface area contributed by atoms with Crippen molar-refractivity contribution < 1.29 is 9.90 Å². The topological polar surface area (TPSA) is 49.3 Å². The van der Waals surface area contributed by atoms with Gasteiger partial charge in [-0.2, -0.15) is 0 Å². The molecule has 1 unspecified atom stereocenters. The van der Waals surface area contributed by atoms with Gasteiger partial charge in [-0.05, 0) is 39.0 Å². The summed E-state index contributed by atoms with van der Waals surface area (Å²) in [6, 6.07) is 0.325. The van der Waals surface area contributed by atoms with Crippen molar-refractivity contribution in [2.75, 3.05) is 0 Å². The molecular weight excluding hydrogens is 178 g/mol. The first-order valence-corrected chi connectivity index (χ1v) is 5.57. The van der Waals surface area contributed by atoms with Gasteiger partial charge in [0.25, 0.3) is 0 Å². The molecule has 1 atom stereocenters. The van der Waals surface area contributed by atoms with Crippen molar-refractivity contribution in [3.8, 4) is 0 Å². The van der Waals surface area contributed by atoms with Crippen LogP contribution in [0.25, 0.3) is 0 Å². The zero-order chi connectivity index (χ0) is 10.6. The van der Waals surface area contributed by atoms with Crippen molar-refractivity contribution >= 4 is 5.97 Å². The third-order valence-electron chi connectivity index (χ3n) is 3.33. The van der Waals surface area contributed by atoms with Gasteiger partial charge in [0, 0.05) is 18.0 Å². The Balaban J connectivity index is 2.24. The molecule has 1 saturated carbocycles.